The van der Waals surface area contributed by atoms with Gasteiger partial charge in [0.1, 0.15) is 90.3 Å². The van der Waals surface area contributed by atoms with Gasteiger partial charge in [-0.2, -0.15) is 0 Å². The number of aromatic hydroxyl groups is 1. The Labute approximate surface area is 851 Å². The maximum atomic E-state index is 15.7. The van der Waals surface area contributed by atoms with Gasteiger partial charge in [0, 0.05) is 95.9 Å². The fourth-order valence-electron chi connectivity index (χ4n) is 16.2. The predicted octanol–water partition coefficient (Wildman–Crippen LogP) is 0.289. The zero-order valence-corrected chi connectivity index (χ0v) is 84.3. The van der Waals surface area contributed by atoms with Crippen molar-refractivity contribution < 1.29 is 96.5 Å². The minimum absolute atomic E-state index is 0.00364. The second-order valence-corrected chi connectivity index (χ2v) is 38.0. The first-order valence-electron chi connectivity index (χ1n) is 48.2. The molecule has 2 heterocycles. The van der Waals surface area contributed by atoms with Gasteiger partial charge in [0.2, 0.25) is 94.5 Å². The fourth-order valence-corrected chi connectivity index (χ4v) is 17.1. The average molecular weight is 2040 g/mol. The number of H-pyrrole nitrogens is 1. The van der Waals surface area contributed by atoms with E-state index in [-0.39, 0.29) is 95.6 Å². The Morgan fingerprint density at radius 3 is 1.40 bits per heavy atom. The van der Waals surface area contributed by atoms with Crippen molar-refractivity contribution in [1.29, 1.82) is 10.8 Å². The molecule has 0 unspecified atom stereocenters. The number of benzene rings is 6. The lowest BCUT2D eigenvalue weighted by atomic mass is 9.98. The molecule has 1 aliphatic rings. The number of phenols is 1. The summed E-state index contributed by atoms with van der Waals surface area (Å²) in [6.07, 6.45) is -1.78. The zero-order chi connectivity index (χ0) is 107. The third-order valence-electron chi connectivity index (χ3n) is 24.4. The topological polar surface area (TPSA) is 668 Å². The Kier molecular flexibility index (Phi) is 45.8. The number of thioether (sulfide) groups is 1. The lowest BCUT2D eigenvalue weighted by Gasteiger charge is -2.35. The summed E-state index contributed by atoms with van der Waals surface area (Å²) in [6.45, 7) is 10.3. The van der Waals surface area contributed by atoms with Gasteiger partial charge in [0.25, 0.3) is 0 Å². The Morgan fingerprint density at radius 1 is 0.452 bits per heavy atom. The van der Waals surface area contributed by atoms with Crippen LogP contribution in [0.1, 0.15) is 121 Å². The van der Waals surface area contributed by atoms with Crippen molar-refractivity contribution in [3.8, 4) is 16.9 Å². The van der Waals surface area contributed by atoms with Crippen molar-refractivity contribution in [2.24, 2.45) is 35.0 Å². The summed E-state index contributed by atoms with van der Waals surface area (Å²) in [6, 6.07) is 22.9. The van der Waals surface area contributed by atoms with Crippen LogP contribution >= 0.6 is 11.8 Å². The largest absolute Gasteiger partial charge is 0.508 e. The van der Waals surface area contributed by atoms with Crippen LogP contribution in [-0.4, -0.2) is 281 Å². The molecule has 0 aliphatic carbocycles. The Balaban J connectivity index is 1.24. The van der Waals surface area contributed by atoms with Crippen LogP contribution in [0.5, 0.6) is 5.75 Å². The number of carboxylic acids is 1. The molecule has 43 nitrogen and oxygen atoms in total. The van der Waals surface area contributed by atoms with Gasteiger partial charge in [-0.3, -0.25) is 92.3 Å². The molecule has 44 heteroatoms. The van der Waals surface area contributed by atoms with Gasteiger partial charge in [-0.25, -0.2) is 0 Å². The minimum atomic E-state index is -2.08. The molecule has 7 aromatic rings. The third kappa shape index (κ3) is 37.0. The van der Waals surface area contributed by atoms with Crippen molar-refractivity contribution >= 4 is 135 Å². The van der Waals surface area contributed by atoms with Crippen molar-refractivity contribution in [3.63, 3.8) is 0 Å². The maximum Gasteiger partial charge on any atom is 0.305 e. The molecule has 14 atom stereocenters. The highest BCUT2D eigenvalue weighted by atomic mass is 32.2. The van der Waals surface area contributed by atoms with Gasteiger partial charge in [0.15, 0.2) is 11.9 Å². The Hall–Kier alpha value is -15.5. The lowest BCUT2D eigenvalue weighted by Crippen LogP contribution is -2.62. The molecule has 16 amide bonds. The highest BCUT2D eigenvalue weighted by Gasteiger charge is 2.42. The number of guanidine groups is 2. The molecule has 26 N–H and O–H groups in total. The maximum absolute atomic E-state index is 15.7. The van der Waals surface area contributed by atoms with Crippen LogP contribution in [0.15, 0.2) is 170 Å². The van der Waals surface area contributed by atoms with Gasteiger partial charge < -0.3 is 127 Å². The number of aliphatic carboxylic acids is 1. The summed E-state index contributed by atoms with van der Waals surface area (Å²) in [5, 5.41) is 77.4. The number of methoxy groups -OCH3 is 1. The van der Waals surface area contributed by atoms with Crippen LogP contribution in [0.3, 0.4) is 0 Å². The molecular weight excluding hydrogens is 1900 g/mol. The van der Waals surface area contributed by atoms with Crippen molar-refractivity contribution in [1.82, 2.24) is 94.5 Å². The second-order valence-electron chi connectivity index (χ2n) is 37.0. The quantitative estimate of drug-likeness (QED) is 0.0158. The molecule has 1 saturated heterocycles. The van der Waals surface area contributed by atoms with Crippen LogP contribution in [0.4, 0.5) is 0 Å². The number of ether oxygens (including phenoxy) is 1. The Morgan fingerprint density at radius 2 is 0.870 bits per heavy atom. The number of hydrogen-bond acceptors (Lipinski definition) is 22. The number of nitrogens with zero attached hydrogens (tertiary/aromatic N) is 2. The van der Waals surface area contributed by atoms with E-state index in [1.165, 1.54) is 52.4 Å². The number of para-hydroxylation sites is 1. The summed E-state index contributed by atoms with van der Waals surface area (Å²) in [5.74, 6) is -21.3. The highest BCUT2D eigenvalue weighted by molar-refractivity contribution is 8.00. The number of phenolic OH excluding ortho intramolecular Hbond substituents is 1. The average Bonchev–Trinajstić information content (AvgIpc) is 1.68. The molecule has 1 aromatic heterocycles. The number of carbonyl (C=O) groups excluding carboxylic acids is 16. The molecule has 1 fully saturated rings. The van der Waals surface area contributed by atoms with Crippen LogP contribution in [-0.2, 0) is 118 Å². The standard InChI is InChI=1S/C102H137N23O20S/c1-57(2)46-74-94(138)122-85(58(3)4)97(141)114-72(42-45-145-10)89(133)121-80(87(131)111-54-82(103)127)55-146-56-83(128)112-75(47-61-24-14-11-15-25-61)90(134)117-76(49-64-36-40-68(126)41-37-64)92(136)119-79(52-84(129)130)93(137)118-78(51-67-53-110-70-31-21-20-30-69(67)70)95(139)123-86(59(5)6)98(142)120-77(48-63-34-38-66(39-35-63)65-28-18-13-19-29-65)91(135)115-73(33-23-44-109-102(106)107)100(144)124(8)60(7)99(143)125(9)81(50-62-26-16-12-17-27-62)96(140)113-71(88(132)116-74)32-22-43-108-101(104)105/h11-21,24-31,34-41,53,57-60,71-81,85-86,110,126H,22-23,32-33,42-52,54-56H2,1-10H3,(H2,103,127)(H,111,131)(H,112,128)(H,113,140)(H,114,141)(H,115,135)(H,116,132)(H,117,134)(H,118,137)(H,119,136)(H,120,142)(H,121,133)(H,122,138)(H,123,139)(H,129,130)(H4,104,105,108)(H4,106,107,109)/t60-,71-,72-,73-,74-,75-,76-,77-,78-,79-,80-,81-,85-,86-/m0/s1. The van der Waals surface area contributed by atoms with Gasteiger partial charge >= 0.3 is 5.97 Å². The monoisotopic (exact) mass is 2040 g/mol. The number of rotatable bonds is 31. The van der Waals surface area contributed by atoms with E-state index in [2.05, 4.69) is 84.7 Å². The molecule has 786 valence electrons. The lowest BCUT2D eigenvalue weighted by molar-refractivity contribution is -0.148. The fraction of sp³-hybridized carbons (Fsp3) is 0.441. The number of hydrogen-bond donors (Lipinski definition) is 23. The van der Waals surface area contributed by atoms with Crippen molar-refractivity contribution in [2.75, 3.05) is 59.0 Å². The van der Waals surface area contributed by atoms with Crippen LogP contribution in [0, 0.1) is 28.6 Å². The number of carboxylic acid groups (broad SMARTS) is 1. The predicted molar refractivity (Wildman–Crippen MR) is 547 cm³/mol. The van der Waals surface area contributed by atoms with Crippen LogP contribution in [0.25, 0.3) is 22.0 Å². The van der Waals surface area contributed by atoms with Gasteiger partial charge in [0.05, 0.1) is 18.7 Å². The van der Waals surface area contributed by atoms with Gasteiger partial charge in [-0.15, -0.1) is 11.8 Å². The molecule has 146 heavy (non-hydrogen) atoms. The summed E-state index contributed by atoms with van der Waals surface area (Å²) < 4.78 is 5.34. The molecule has 8 rings (SSSR count). The minimum Gasteiger partial charge on any atom is -0.508 e. The number of fused-ring (bicyclic) bond motifs is 1. The van der Waals surface area contributed by atoms with Crippen molar-refractivity contribution in [3.05, 3.63) is 198 Å². The first kappa shape index (κ1) is 116. The second kappa shape index (κ2) is 57.7. The van der Waals surface area contributed by atoms with Crippen LogP contribution < -0.4 is 97.0 Å². The number of likely N-dealkylation sites (N-methyl/N-ethyl adjacent to an activating group) is 2. The smallest absolute Gasteiger partial charge is 0.305 e. The van der Waals surface area contributed by atoms with E-state index >= 15 is 47.9 Å². The summed E-state index contributed by atoms with van der Waals surface area (Å²) in [5.41, 5.74) is 21.2. The van der Waals surface area contributed by atoms with E-state index in [4.69, 9.17) is 32.8 Å². The third-order valence-corrected chi connectivity index (χ3v) is 25.4. The number of carbonyl (C=O) groups is 17. The molecule has 1 aliphatic heterocycles. The van der Waals surface area contributed by atoms with E-state index < -0.39 is 240 Å². The number of primary amides is 1. The number of aromatic nitrogens is 1. The number of nitrogens with one attached hydrogen (secondary N) is 18. The van der Waals surface area contributed by atoms with E-state index in [9.17, 15) is 43.8 Å². The highest BCUT2D eigenvalue weighted by Crippen LogP contribution is 2.25. The molecule has 0 saturated carbocycles. The molecule has 0 spiro atoms. The zero-order valence-electron chi connectivity index (χ0n) is 83.5. The van der Waals surface area contributed by atoms with E-state index in [1.807, 2.05) is 30.3 Å². The van der Waals surface area contributed by atoms with E-state index in [1.54, 1.807) is 157 Å². The first-order valence-corrected chi connectivity index (χ1v) is 49.4. The molecular formula is C102H137N23O20S. The number of amides is 16. The SMILES string of the molecule is COCC[C@@H]1NC(=O)[C@H](C(C)C)NC(=O)[C@H](CC(C)C)NC(=O)[C@H](CCCNC(=N)N)NC(=O)[C@H](Cc2ccccc2)N(C)C(=O)[C@H](C)N(C)C(=O)[C@H](CCCNC(=N)N)NC(=O)[C@H](Cc2ccc(-c3ccccc3)cc2)NC(=O)[C@H](C(C)C)NC(=O)[C@H](Cc2c[nH]c3ccccc23)NC(=O)[C@H](CC(=O)O)NC(=O)[C@H](Cc2ccc(O)cc2)NC(=O)[C@H](Cc2ccccc2)NC(=O)CSC[C@@H](C(=O)NCC(N)=O)NC1=O. The number of aromatic amines is 1. The molecule has 6 aromatic carbocycles. The summed E-state index contributed by atoms with van der Waals surface area (Å²) >= 11 is 0.753. The molecule has 0 radical (unpaired) electrons. The summed E-state index contributed by atoms with van der Waals surface area (Å²) in [4.78, 5) is 258. The van der Waals surface area contributed by atoms with E-state index in [0.717, 1.165) is 32.7 Å². The van der Waals surface area contributed by atoms with Gasteiger partial charge in [-0.05, 0) is 120 Å². The first-order chi connectivity index (χ1) is 69.5. The number of nitrogens with two attached hydrogens (primary N) is 3. The van der Waals surface area contributed by atoms with Crippen molar-refractivity contribution in [2.45, 2.75) is 210 Å². The van der Waals surface area contributed by atoms with E-state index in [0.29, 0.717) is 38.7 Å². The Bertz CT molecular complexity index is 5670. The summed E-state index contributed by atoms with van der Waals surface area (Å²) in [7, 11) is 3.91. The molecule has 0 bridgehead atoms. The van der Waals surface area contributed by atoms with Gasteiger partial charge in [-0.1, -0.05) is 187 Å². The van der Waals surface area contributed by atoms with Crippen LogP contribution in [0.2, 0.25) is 0 Å². The normalized spacial score (nSPS) is 22.2.